The van der Waals surface area contributed by atoms with E-state index in [0.717, 1.165) is 29.4 Å². The Morgan fingerprint density at radius 3 is 2.21 bits per heavy atom. The van der Waals surface area contributed by atoms with Gasteiger partial charge in [-0.15, -0.1) is 0 Å². The van der Waals surface area contributed by atoms with Gasteiger partial charge in [0.1, 0.15) is 17.5 Å². The van der Waals surface area contributed by atoms with E-state index >= 15 is 0 Å². The molecule has 0 saturated heterocycles. The van der Waals surface area contributed by atoms with Gasteiger partial charge >= 0.3 is 0 Å². The zero-order valence-electron chi connectivity index (χ0n) is 13.2. The topological polar surface area (TPSA) is 49.8 Å². The smallest absolute Gasteiger partial charge is 0.135 e. The molecule has 0 fully saturated rings. The van der Waals surface area contributed by atoms with Gasteiger partial charge in [-0.05, 0) is 19.8 Å². The molecule has 0 aromatic carbocycles. The number of nitrogens with one attached hydrogen (secondary N) is 2. The summed E-state index contributed by atoms with van der Waals surface area (Å²) in [6.45, 7) is 10.7. The molecule has 0 aliphatic heterocycles. The molecular formula is C15H28N4. The molecule has 19 heavy (non-hydrogen) atoms. The highest BCUT2D eigenvalue weighted by molar-refractivity contribution is 5.57. The Labute approximate surface area is 117 Å². The van der Waals surface area contributed by atoms with Crippen LogP contribution in [0.5, 0.6) is 0 Å². The zero-order chi connectivity index (χ0) is 14.4. The predicted octanol–water partition coefficient (Wildman–Crippen LogP) is 3.94. The highest BCUT2D eigenvalue weighted by Gasteiger charge is 2.14. The Kier molecular flexibility index (Phi) is 6.06. The molecule has 4 heteroatoms. The second kappa shape index (κ2) is 7.31. The minimum absolute atomic E-state index is 0.333. The summed E-state index contributed by atoms with van der Waals surface area (Å²) in [5, 5.41) is 6.74. The van der Waals surface area contributed by atoms with Gasteiger partial charge in [-0.2, -0.15) is 0 Å². The van der Waals surface area contributed by atoms with Gasteiger partial charge in [0.05, 0.1) is 0 Å². The Morgan fingerprint density at radius 1 is 1.11 bits per heavy atom. The quantitative estimate of drug-likeness (QED) is 0.783. The molecule has 108 valence electrons. The molecule has 1 aromatic heterocycles. The van der Waals surface area contributed by atoms with Gasteiger partial charge in [-0.25, -0.2) is 9.97 Å². The molecule has 2 N–H and O–H groups in total. The lowest BCUT2D eigenvalue weighted by molar-refractivity contribution is 0.618. The second-order valence-corrected chi connectivity index (χ2v) is 5.35. The number of nitrogens with zero attached hydrogens (tertiary/aromatic N) is 2. The molecule has 1 rings (SSSR count). The van der Waals surface area contributed by atoms with E-state index in [9.17, 15) is 0 Å². The van der Waals surface area contributed by atoms with Crippen molar-refractivity contribution in [2.45, 2.75) is 65.8 Å². The number of hydrogen-bond donors (Lipinski definition) is 2. The second-order valence-electron chi connectivity index (χ2n) is 5.35. The van der Waals surface area contributed by atoms with Crippen molar-refractivity contribution in [3.63, 3.8) is 0 Å². The van der Waals surface area contributed by atoms with Gasteiger partial charge in [-0.3, -0.25) is 0 Å². The van der Waals surface area contributed by atoms with Gasteiger partial charge in [0.15, 0.2) is 0 Å². The first-order valence-electron chi connectivity index (χ1n) is 7.36. The van der Waals surface area contributed by atoms with Gasteiger partial charge in [-0.1, -0.05) is 34.1 Å². The third kappa shape index (κ3) is 4.08. The van der Waals surface area contributed by atoms with E-state index in [2.05, 4.69) is 55.2 Å². The SMILES string of the molecule is CCCC(CC)Nc1nc(C(C)C)nc(NC)c1C. The van der Waals surface area contributed by atoms with Crippen LogP contribution in [-0.4, -0.2) is 23.1 Å². The van der Waals surface area contributed by atoms with Crippen molar-refractivity contribution in [3.8, 4) is 0 Å². The van der Waals surface area contributed by atoms with Crippen molar-refractivity contribution in [2.75, 3.05) is 17.7 Å². The van der Waals surface area contributed by atoms with Crippen LogP contribution < -0.4 is 10.6 Å². The standard InChI is InChI=1S/C15H28N4/c1-7-9-12(8-2)17-15-11(5)14(16-6)18-13(19-15)10(3)4/h10,12H,7-9H2,1-6H3,(H2,16,17,18,19). The first-order valence-corrected chi connectivity index (χ1v) is 7.36. The monoisotopic (exact) mass is 264 g/mol. The molecule has 0 aliphatic carbocycles. The molecule has 1 aromatic rings. The largest absolute Gasteiger partial charge is 0.373 e. The summed E-state index contributed by atoms with van der Waals surface area (Å²) >= 11 is 0. The van der Waals surface area contributed by atoms with E-state index in [0.29, 0.717) is 12.0 Å². The van der Waals surface area contributed by atoms with Gasteiger partial charge < -0.3 is 10.6 Å². The molecule has 0 radical (unpaired) electrons. The van der Waals surface area contributed by atoms with Crippen LogP contribution >= 0.6 is 0 Å². The van der Waals surface area contributed by atoms with Crippen molar-refractivity contribution in [3.05, 3.63) is 11.4 Å². The molecule has 0 aliphatic rings. The molecule has 1 heterocycles. The third-order valence-electron chi connectivity index (χ3n) is 3.39. The highest BCUT2D eigenvalue weighted by atomic mass is 15.1. The van der Waals surface area contributed by atoms with Crippen molar-refractivity contribution in [1.29, 1.82) is 0 Å². The predicted molar refractivity (Wildman–Crippen MR) is 83.0 cm³/mol. The summed E-state index contributed by atoms with van der Waals surface area (Å²) in [6.07, 6.45) is 3.47. The average molecular weight is 264 g/mol. The van der Waals surface area contributed by atoms with Crippen LogP contribution in [-0.2, 0) is 0 Å². The Balaban J connectivity index is 3.07. The van der Waals surface area contributed by atoms with E-state index in [1.54, 1.807) is 0 Å². The Bertz CT molecular complexity index is 401. The van der Waals surface area contributed by atoms with E-state index in [1.807, 2.05) is 7.05 Å². The molecule has 4 nitrogen and oxygen atoms in total. The van der Waals surface area contributed by atoms with Gasteiger partial charge in [0.2, 0.25) is 0 Å². The minimum atomic E-state index is 0.333. The molecule has 0 saturated carbocycles. The third-order valence-corrected chi connectivity index (χ3v) is 3.39. The normalized spacial score (nSPS) is 12.6. The van der Waals surface area contributed by atoms with Crippen LogP contribution in [0.1, 0.15) is 64.3 Å². The fourth-order valence-corrected chi connectivity index (χ4v) is 2.10. The lowest BCUT2D eigenvalue weighted by Gasteiger charge is -2.20. The lowest BCUT2D eigenvalue weighted by atomic mass is 10.1. The fourth-order valence-electron chi connectivity index (χ4n) is 2.10. The fraction of sp³-hybridized carbons (Fsp3) is 0.733. The van der Waals surface area contributed by atoms with Gasteiger partial charge in [0, 0.05) is 24.6 Å². The first kappa shape index (κ1) is 15.7. The van der Waals surface area contributed by atoms with E-state index in [-0.39, 0.29) is 0 Å². The average Bonchev–Trinajstić information content (AvgIpc) is 2.39. The van der Waals surface area contributed by atoms with Crippen LogP contribution in [0.25, 0.3) is 0 Å². The molecule has 0 amide bonds. The molecule has 1 atom stereocenters. The molecule has 1 unspecified atom stereocenters. The number of aromatic nitrogens is 2. The van der Waals surface area contributed by atoms with E-state index in [4.69, 9.17) is 0 Å². The van der Waals surface area contributed by atoms with Crippen LogP contribution in [0.15, 0.2) is 0 Å². The zero-order valence-corrected chi connectivity index (χ0v) is 13.2. The van der Waals surface area contributed by atoms with Crippen LogP contribution in [0.4, 0.5) is 11.6 Å². The number of hydrogen-bond acceptors (Lipinski definition) is 4. The van der Waals surface area contributed by atoms with Crippen molar-refractivity contribution in [2.24, 2.45) is 0 Å². The summed E-state index contributed by atoms with van der Waals surface area (Å²) in [7, 11) is 1.91. The van der Waals surface area contributed by atoms with Crippen molar-refractivity contribution < 1.29 is 0 Å². The first-order chi connectivity index (χ1) is 9.03. The number of anilines is 2. The maximum Gasteiger partial charge on any atom is 0.135 e. The Hall–Kier alpha value is -1.32. The van der Waals surface area contributed by atoms with Crippen molar-refractivity contribution >= 4 is 11.6 Å². The van der Waals surface area contributed by atoms with Crippen LogP contribution in [0.3, 0.4) is 0 Å². The number of rotatable bonds is 7. The summed E-state index contributed by atoms with van der Waals surface area (Å²) in [5.41, 5.74) is 1.10. The Morgan fingerprint density at radius 2 is 1.74 bits per heavy atom. The molecule has 0 spiro atoms. The highest BCUT2D eigenvalue weighted by Crippen LogP contribution is 2.24. The summed E-state index contributed by atoms with van der Waals surface area (Å²) in [5.74, 6) is 3.12. The summed E-state index contributed by atoms with van der Waals surface area (Å²) in [6, 6.07) is 0.489. The summed E-state index contributed by atoms with van der Waals surface area (Å²) in [4.78, 5) is 9.26. The van der Waals surface area contributed by atoms with Crippen molar-refractivity contribution in [1.82, 2.24) is 9.97 Å². The molecule has 0 bridgehead atoms. The maximum absolute atomic E-state index is 4.69. The minimum Gasteiger partial charge on any atom is -0.373 e. The lowest BCUT2D eigenvalue weighted by Crippen LogP contribution is -2.21. The van der Waals surface area contributed by atoms with Crippen LogP contribution in [0, 0.1) is 6.92 Å². The van der Waals surface area contributed by atoms with E-state index in [1.165, 1.54) is 12.8 Å². The maximum atomic E-state index is 4.69. The van der Waals surface area contributed by atoms with E-state index < -0.39 is 0 Å². The molecular weight excluding hydrogens is 236 g/mol. The van der Waals surface area contributed by atoms with Crippen LogP contribution in [0.2, 0.25) is 0 Å². The van der Waals surface area contributed by atoms with Gasteiger partial charge in [0.25, 0.3) is 0 Å². The summed E-state index contributed by atoms with van der Waals surface area (Å²) < 4.78 is 0.